The van der Waals surface area contributed by atoms with Crippen molar-refractivity contribution in [3.8, 4) is 34.0 Å². The third-order valence-electron chi connectivity index (χ3n) is 4.71. The molecule has 0 saturated carbocycles. The summed E-state index contributed by atoms with van der Waals surface area (Å²) in [4.78, 5) is 25.5. The summed E-state index contributed by atoms with van der Waals surface area (Å²) in [7, 11) is 0. The molecule has 0 atom stereocenters. The summed E-state index contributed by atoms with van der Waals surface area (Å²) in [5, 5.41) is 14.4. The van der Waals surface area contributed by atoms with Gasteiger partial charge in [0.25, 0.3) is 5.56 Å². The third kappa shape index (κ3) is 3.44. The number of nitrogens with one attached hydrogen (secondary N) is 1. The zero-order valence-corrected chi connectivity index (χ0v) is 17.5. The number of halogens is 2. The van der Waals surface area contributed by atoms with Crippen molar-refractivity contribution in [1.82, 2.24) is 9.78 Å². The van der Waals surface area contributed by atoms with Crippen LogP contribution in [0.3, 0.4) is 0 Å². The van der Waals surface area contributed by atoms with E-state index < -0.39 is 16.7 Å². The molecule has 0 fully saturated rings. The van der Waals surface area contributed by atoms with Crippen molar-refractivity contribution in [2.45, 2.75) is 13.8 Å². The van der Waals surface area contributed by atoms with Crippen LogP contribution in [-0.2, 0) is 0 Å². The molecule has 2 N–H and O–H groups in total. The van der Waals surface area contributed by atoms with E-state index in [1.54, 1.807) is 49.4 Å². The second-order valence-electron chi connectivity index (χ2n) is 6.84. The Kier molecular flexibility index (Phi) is 5.05. The molecule has 0 spiro atoms. The normalized spacial score (nSPS) is 11.1. The van der Waals surface area contributed by atoms with Crippen LogP contribution < -0.4 is 11.0 Å². The predicted octanol–water partition coefficient (Wildman–Crippen LogP) is 5.08. The molecule has 0 aliphatic heterocycles. The maximum Gasteiger partial charge on any atom is 0.283 e. The summed E-state index contributed by atoms with van der Waals surface area (Å²) in [5.41, 5.74) is 1.20. The van der Waals surface area contributed by atoms with E-state index in [2.05, 4.69) is 5.10 Å². The van der Waals surface area contributed by atoms with Gasteiger partial charge in [0.15, 0.2) is 5.76 Å². The Hall–Kier alpha value is -3.22. The fourth-order valence-corrected chi connectivity index (χ4v) is 3.45. The zero-order valence-electron chi connectivity index (χ0n) is 16.0. The van der Waals surface area contributed by atoms with Gasteiger partial charge in [-0.15, -0.1) is 0 Å². The second-order valence-corrected chi connectivity index (χ2v) is 7.69. The molecule has 0 unspecified atom stereocenters. The Bertz CT molecular complexity index is 1380. The molecule has 30 heavy (non-hydrogen) atoms. The first-order valence-corrected chi connectivity index (χ1v) is 9.73. The summed E-state index contributed by atoms with van der Waals surface area (Å²) < 4.78 is 6.88. The largest absolute Gasteiger partial charge is 0.502 e. The molecule has 4 aromatic rings. The fourth-order valence-electron chi connectivity index (χ4n) is 3.15. The number of hydrogen-bond acceptors (Lipinski definition) is 4. The van der Waals surface area contributed by atoms with Gasteiger partial charge in [0, 0.05) is 21.7 Å². The lowest BCUT2D eigenvalue weighted by molar-refractivity contribution is 0.430. The van der Waals surface area contributed by atoms with E-state index in [1.165, 1.54) is 4.68 Å². The number of aryl methyl sites for hydroxylation is 2. The number of aromatic amines is 1. The van der Waals surface area contributed by atoms with Crippen LogP contribution in [0.5, 0.6) is 5.75 Å². The number of aromatic nitrogens is 2. The molecule has 2 aromatic carbocycles. The minimum Gasteiger partial charge on any atom is -0.502 e. The predicted molar refractivity (Wildman–Crippen MR) is 117 cm³/mol. The van der Waals surface area contributed by atoms with E-state index in [9.17, 15) is 14.7 Å². The van der Waals surface area contributed by atoms with E-state index in [4.69, 9.17) is 27.6 Å². The molecule has 8 heteroatoms. The highest BCUT2D eigenvalue weighted by atomic mass is 35.5. The first-order chi connectivity index (χ1) is 14.3. The maximum atomic E-state index is 13.4. The molecule has 0 radical (unpaired) electrons. The number of rotatable bonds is 3. The average Bonchev–Trinajstić information content (AvgIpc) is 3.04. The van der Waals surface area contributed by atoms with Crippen LogP contribution >= 0.6 is 23.2 Å². The van der Waals surface area contributed by atoms with Crippen LogP contribution in [0, 0.1) is 13.8 Å². The molecule has 0 bridgehead atoms. The summed E-state index contributed by atoms with van der Waals surface area (Å²) >= 11 is 12.2. The number of aromatic hydroxyl groups is 1. The summed E-state index contributed by atoms with van der Waals surface area (Å²) in [5.74, 6) is -0.579. The van der Waals surface area contributed by atoms with Crippen LogP contribution in [0.4, 0.5) is 0 Å². The molecule has 0 saturated heterocycles. The molecule has 0 amide bonds. The highest BCUT2D eigenvalue weighted by molar-refractivity contribution is 6.31. The van der Waals surface area contributed by atoms with Gasteiger partial charge in [-0.2, -0.15) is 0 Å². The minimum absolute atomic E-state index is 0.0207. The number of nitrogens with zero attached hydrogens (tertiary/aromatic N) is 1. The van der Waals surface area contributed by atoms with Crippen LogP contribution in [0.25, 0.3) is 28.3 Å². The number of hydrogen-bond donors (Lipinski definition) is 2. The molecular formula is C22H16Cl2N2O4. The second kappa shape index (κ2) is 7.55. The monoisotopic (exact) mass is 442 g/mol. The Morgan fingerprint density at radius 1 is 1.00 bits per heavy atom. The van der Waals surface area contributed by atoms with Gasteiger partial charge in [0.2, 0.25) is 11.2 Å². The van der Waals surface area contributed by atoms with Crippen molar-refractivity contribution in [3.05, 3.63) is 90.5 Å². The van der Waals surface area contributed by atoms with Gasteiger partial charge >= 0.3 is 0 Å². The Balaban J connectivity index is 2.06. The van der Waals surface area contributed by atoms with E-state index in [1.807, 2.05) is 6.92 Å². The van der Waals surface area contributed by atoms with Crippen LogP contribution in [-0.4, -0.2) is 14.9 Å². The minimum atomic E-state index is -0.638. The quantitative estimate of drug-likeness (QED) is 0.462. The van der Waals surface area contributed by atoms with Crippen molar-refractivity contribution in [3.63, 3.8) is 0 Å². The lowest BCUT2D eigenvalue weighted by Crippen LogP contribution is -2.16. The maximum absolute atomic E-state index is 13.4. The van der Waals surface area contributed by atoms with Gasteiger partial charge in [-0.25, -0.2) is 4.68 Å². The summed E-state index contributed by atoms with van der Waals surface area (Å²) in [6.07, 6.45) is 0. The Morgan fingerprint density at radius 3 is 2.37 bits per heavy atom. The highest BCUT2D eigenvalue weighted by Crippen LogP contribution is 2.34. The highest BCUT2D eigenvalue weighted by Gasteiger charge is 2.25. The van der Waals surface area contributed by atoms with Gasteiger partial charge in [-0.3, -0.25) is 14.7 Å². The first kappa shape index (κ1) is 20.1. The first-order valence-electron chi connectivity index (χ1n) is 8.98. The SMILES string of the molecule is Cc1cc(=O)c(O)c(-c2c(-c3ccc(Cl)cc3)[nH]n(-c3ccc(C)c(Cl)c3)c2=O)o1. The van der Waals surface area contributed by atoms with Gasteiger partial charge in [-0.1, -0.05) is 41.4 Å². The standard InChI is InChI=1S/C22H16Cl2N2O4/c1-11-3-8-15(10-16(11)24)26-22(29)18(21-20(28)17(27)9-12(2)30-21)19(25-26)13-4-6-14(23)7-5-13/h3-10,25,28H,1-2H3. The number of H-pyrrole nitrogens is 1. The lowest BCUT2D eigenvalue weighted by Gasteiger charge is -2.05. The van der Waals surface area contributed by atoms with Crippen molar-refractivity contribution < 1.29 is 9.52 Å². The van der Waals surface area contributed by atoms with Crippen molar-refractivity contribution >= 4 is 23.2 Å². The molecule has 6 nitrogen and oxygen atoms in total. The molecule has 2 aromatic heterocycles. The van der Waals surface area contributed by atoms with Crippen molar-refractivity contribution in [1.29, 1.82) is 0 Å². The topological polar surface area (TPSA) is 88.2 Å². The molecule has 0 aliphatic rings. The number of benzene rings is 2. The van der Waals surface area contributed by atoms with Gasteiger partial charge in [0.1, 0.15) is 11.3 Å². The van der Waals surface area contributed by atoms with E-state index in [0.29, 0.717) is 27.0 Å². The summed E-state index contributed by atoms with van der Waals surface area (Å²) in [6, 6.07) is 13.1. The van der Waals surface area contributed by atoms with Crippen molar-refractivity contribution in [2.24, 2.45) is 0 Å². The lowest BCUT2D eigenvalue weighted by atomic mass is 10.1. The van der Waals surface area contributed by atoms with E-state index in [0.717, 1.165) is 11.6 Å². The zero-order chi connectivity index (χ0) is 21.6. The Morgan fingerprint density at radius 2 is 1.70 bits per heavy atom. The van der Waals surface area contributed by atoms with Crippen molar-refractivity contribution in [2.75, 3.05) is 0 Å². The van der Waals surface area contributed by atoms with Crippen LogP contribution in [0.1, 0.15) is 11.3 Å². The molecular weight excluding hydrogens is 427 g/mol. The third-order valence-corrected chi connectivity index (χ3v) is 5.37. The smallest absolute Gasteiger partial charge is 0.283 e. The molecule has 152 valence electrons. The molecule has 4 rings (SSSR count). The summed E-state index contributed by atoms with van der Waals surface area (Å²) in [6.45, 7) is 3.42. The molecule has 2 heterocycles. The average molecular weight is 443 g/mol. The van der Waals surface area contributed by atoms with Gasteiger partial charge in [-0.05, 0) is 43.7 Å². The van der Waals surface area contributed by atoms with Crippen LogP contribution in [0.15, 0.2) is 62.5 Å². The van der Waals surface area contributed by atoms with Crippen LogP contribution in [0.2, 0.25) is 10.0 Å². The molecule has 0 aliphatic carbocycles. The van der Waals surface area contributed by atoms with E-state index in [-0.39, 0.29) is 17.1 Å². The Labute approximate surface area is 180 Å². The van der Waals surface area contributed by atoms with Gasteiger partial charge < -0.3 is 9.52 Å². The van der Waals surface area contributed by atoms with E-state index >= 15 is 0 Å². The fraction of sp³-hybridized carbons (Fsp3) is 0.0909. The van der Waals surface area contributed by atoms with Gasteiger partial charge in [0.05, 0.1) is 11.4 Å².